The lowest BCUT2D eigenvalue weighted by molar-refractivity contribution is 0.0285. The van der Waals surface area contributed by atoms with Crippen LogP contribution in [-0.2, 0) is 9.47 Å². The predicted octanol–water partition coefficient (Wildman–Crippen LogP) is 3.09. The molecule has 2 rings (SSSR count). The van der Waals surface area contributed by atoms with E-state index in [2.05, 4.69) is 15.3 Å². The number of hydrogen-bond donors (Lipinski definition) is 1. The molecule has 7 heteroatoms. The molecule has 0 aromatic carbocycles. The van der Waals surface area contributed by atoms with Crippen molar-refractivity contribution in [2.45, 2.75) is 45.8 Å². The molecule has 0 unspecified atom stereocenters. The van der Waals surface area contributed by atoms with Gasteiger partial charge in [-0.05, 0) is 46.8 Å². The molecule has 0 saturated carbocycles. The molecule has 0 bridgehead atoms. The molecular weight excluding hydrogens is 322 g/mol. The highest BCUT2D eigenvalue weighted by atomic mass is 16.6. The van der Waals surface area contributed by atoms with Crippen LogP contribution in [0.1, 0.15) is 45.0 Å². The van der Waals surface area contributed by atoms with E-state index in [9.17, 15) is 9.59 Å². The normalized spacial score (nSPS) is 11.9. The molecule has 25 heavy (non-hydrogen) atoms. The van der Waals surface area contributed by atoms with Crippen molar-refractivity contribution in [2.75, 3.05) is 6.61 Å². The van der Waals surface area contributed by atoms with Gasteiger partial charge < -0.3 is 14.8 Å². The Morgan fingerprint density at radius 2 is 1.88 bits per heavy atom. The van der Waals surface area contributed by atoms with Crippen LogP contribution in [0.2, 0.25) is 0 Å². The van der Waals surface area contributed by atoms with Gasteiger partial charge >= 0.3 is 12.1 Å². The Balaban J connectivity index is 1.96. The molecule has 0 saturated heterocycles. The summed E-state index contributed by atoms with van der Waals surface area (Å²) >= 11 is 0. The number of esters is 1. The number of alkyl carbamates (subject to hydrolysis) is 1. The Hall–Kier alpha value is -2.70. The minimum Gasteiger partial charge on any atom is -0.460 e. The highest BCUT2D eigenvalue weighted by Gasteiger charge is 2.26. The van der Waals surface area contributed by atoms with Crippen molar-refractivity contribution in [2.24, 2.45) is 0 Å². The molecule has 0 fully saturated rings. The van der Waals surface area contributed by atoms with E-state index in [1.165, 1.54) is 6.20 Å². The molecule has 2 aromatic heterocycles. The number of fused-ring (bicyclic) bond motifs is 1. The predicted molar refractivity (Wildman–Crippen MR) is 93.3 cm³/mol. The summed E-state index contributed by atoms with van der Waals surface area (Å²) in [6.07, 6.45) is 4.14. The lowest BCUT2D eigenvalue weighted by Gasteiger charge is -2.28. The maximum absolute atomic E-state index is 12.2. The van der Waals surface area contributed by atoms with Crippen molar-refractivity contribution >= 4 is 23.0 Å². The molecule has 0 atom stereocenters. The zero-order chi connectivity index (χ0) is 18.7. The zero-order valence-corrected chi connectivity index (χ0v) is 15.1. The number of nitrogens with zero attached hydrogens (tertiary/aromatic N) is 2. The number of aromatic nitrogens is 2. The number of carbonyl (C=O) groups is 2. The topological polar surface area (TPSA) is 90.4 Å². The average Bonchev–Trinajstić information content (AvgIpc) is 2.49. The minimum absolute atomic E-state index is 0.000537. The third kappa shape index (κ3) is 5.70. The summed E-state index contributed by atoms with van der Waals surface area (Å²) in [5.74, 6) is -0.509. The van der Waals surface area contributed by atoms with E-state index in [1.54, 1.807) is 59.1 Å². The van der Waals surface area contributed by atoms with Crippen LogP contribution < -0.4 is 5.32 Å². The van der Waals surface area contributed by atoms with Crippen molar-refractivity contribution in [1.82, 2.24) is 15.3 Å². The summed E-state index contributed by atoms with van der Waals surface area (Å²) in [6.45, 7) is 8.83. The van der Waals surface area contributed by atoms with Gasteiger partial charge in [-0.1, -0.05) is 0 Å². The highest BCUT2D eigenvalue weighted by Crippen LogP contribution is 2.14. The molecule has 2 aromatic rings. The fourth-order valence-electron chi connectivity index (χ4n) is 2.03. The smallest absolute Gasteiger partial charge is 0.408 e. The summed E-state index contributed by atoms with van der Waals surface area (Å²) in [4.78, 5) is 32.2. The van der Waals surface area contributed by atoms with Gasteiger partial charge in [-0.3, -0.25) is 9.97 Å². The van der Waals surface area contributed by atoms with Gasteiger partial charge in [0, 0.05) is 17.8 Å². The Kier molecular flexibility index (Phi) is 5.25. The third-order valence-corrected chi connectivity index (χ3v) is 3.13. The van der Waals surface area contributed by atoms with E-state index in [4.69, 9.17) is 9.47 Å². The first-order valence-electron chi connectivity index (χ1n) is 7.94. The van der Waals surface area contributed by atoms with Gasteiger partial charge in [-0.2, -0.15) is 0 Å². The van der Waals surface area contributed by atoms with Crippen molar-refractivity contribution in [3.63, 3.8) is 0 Å². The van der Waals surface area contributed by atoms with Crippen LogP contribution in [0.15, 0.2) is 30.7 Å². The van der Waals surface area contributed by atoms with Gasteiger partial charge in [-0.15, -0.1) is 0 Å². The molecule has 0 aliphatic rings. The van der Waals surface area contributed by atoms with Gasteiger partial charge in [0.15, 0.2) is 0 Å². The Bertz CT molecular complexity index is 781. The lowest BCUT2D eigenvalue weighted by atomic mass is 10.1. The van der Waals surface area contributed by atoms with Crippen LogP contribution in [0, 0.1) is 0 Å². The molecule has 1 N–H and O–H groups in total. The second-order valence-electron chi connectivity index (χ2n) is 7.38. The summed E-state index contributed by atoms with van der Waals surface area (Å²) in [5, 5.41) is 3.49. The molecule has 134 valence electrons. The second-order valence-corrected chi connectivity index (χ2v) is 7.38. The molecule has 7 nitrogen and oxygen atoms in total. The molecule has 2 heterocycles. The Morgan fingerprint density at radius 1 is 1.16 bits per heavy atom. The zero-order valence-electron chi connectivity index (χ0n) is 15.1. The first-order chi connectivity index (χ1) is 11.6. The van der Waals surface area contributed by atoms with E-state index in [0.29, 0.717) is 11.1 Å². The van der Waals surface area contributed by atoms with E-state index in [-0.39, 0.29) is 6.61 Å². The lowest BCUT2D eigenvalue weighted by Crippen LogP contribution is -2.49. The number of amides is 1. The van der Waals surface area contributed by atoms with Crippen LogP contribution in [0.25, 0.3) is 10.9 Å². The van der Waals surface area contributed by atoms with Crippen molar-refractivity contribution in [3.8, 4) is 0 Å². The molecular formula is C18H23N3O4. The van der Waals surface area contributed by atoms with E-state index in [1.807, 2.05) is 0 Å². The summed E-state index contributed by atoms with van der Waals surface area (Å²) in [7, 11) is 0. The number of nitrogens with one attached hydrogen (secondary N) is 1. The van der Waals surface area contributed by atoms with Crippen LogP contribution in [0.5, 0.6) is 0 Å². The Morgan fingerprint density at radius 3 is 2.56 bits per heavy atom. The first-order valence-corrected chi connectivity index (χ1v) is 7.94. The largest absolute Gasteiger partial charge is 0.460 e. The molecule has 1 amide bonds. The quantitative estimate of drug-likeness (QED) is 0.856. The van der Waals surface area contributed by atoms with Crippen LogP contribution in [-0.4, -0.2) is 39.8 Å². The molecule has 0 aliphatic carbocycles. The van der Waals surface area contributed by atoms with Crippen molar-refractivity contribution in [1.29, 1.82) is 0 Å². The summed E-state index contributed by atoms with van der Waals surface area (Å²) in [5.41, 5.74) is -0.327. The SMILES string of the molecule is CC(C)(COC(=O)c1cnc2cnccc2c1)NC(=O)OC(C)(C)C. The standard InChI is InChI=1S/C18H23N3O4/c1-17(2,3)25-16(23)21-18(4,5)11-24-15(22)13-8-12-6-7-19-10-14(12)20-9-13/h6-10H,11H2,1-5H3,(H,21,23). The maximum atomic E-state index is 12.2. The van der Waals surface area contributed by atoms with E-state index in [0.717, 1.165) is 5.39 Å². The minimum atomic E-state index is -0.772. The van der Waals surface area contributed by atoms with Crippen molar-refractivity contribution in [3.05, 3.63) is 36.3 Å². The van der Waals surface area contributed by atoms with Gasteiger partial charge in [0.25, 0.3) is 0 Å². The number of pyridine rings is 2. The van der Waals surface area contributed by atoms with E-state index >= 15 is 0 Å². The first kappa shape index (κ1) is 18.6. The fourth-order valence-corrected chi connectivity index (χ4v) is 2.03. The van der Waals surface area contributed by atoms with Gasteiger partial charge in [0.2, 0.25) is 0 Å². The van der Waals surface area contributed by atoms with Crippen LogP contribution >= 0.6 is 0 Å². The summed E-state index contributed by atoms with van der Waals surface area (Å²) in [6, 6.07) is 3.47. The second kappa shape index (κ2) is 7.04. The summed E-state index contributed by atoms with van der Waals surface area (Å²) < 4.78 is 10.5. The highest BCUT2D eigenvalue weighted by molar-refractivity contribution is 5.93. The maximum Gasteiger partial charge on any atom is 0.408 e. The average molecular weight is 345 g/mol. The number of rotatable bonds is 4. The molecule has 0 spiro atoms. The molecule has 0 aliphatic heterocycles. The molecule has 0 radical (unpaired) electrons. The van der Waals surface area contributed by atoms with Crippen molar-refractivity contribution < 1.29 is 19.1 Å². The van der Waals surface area contributed by atoms with Gasteiger partial charge in [-0.25, -0.2) is 9.59 Å². The van der Waals surface area contributed by atoms with Gasteiger partial charge in [0.1, 0.15) is 12.2 Å². The number of ether oxygens (including phenoxy) is 2. The number of carbonyl (C=O) groups excluding carboxylic acids is 2. The van der Waals surface area contributed by atoms with Crippen LogP contribution in [0.4, 0.5) is 4.79 Å². The third-order valence-electron chi connectivity index (χ3n) is 3.13. The van der Waals surface area contributed by atoms with E-state index < -0.39 is 23.2 Å². The van der Waals surface area contributed by atoms with Gasteiger partial charge in [0.05, 0.1) is 22.8 Å². The Labute approximate surface area is 146 Å². The fraction of sp³-hybridized carbons (Fsp3) is 0.444. The monoisotopic (exact) mass is 345 g/mol. The number of hydrogen-bond acceptors (Lipinski definition) is 6. The van der Waals surface area contributed by atoms with Crippen LogP contribution in [0.3, 0.4) is 0 Å².